The fourth-order valence-electron chi connectivity index (χ4n) is 1.23. The molecule has 0 aliphatic rings. The van der Waals surface area contributed by atoms with E-state index in [1.807, 2.05) is 0 Å². The van der Waals surface area contributed by atoms with E-state index in [4.69, 9.17) is 15.4 Å². The molecule has 0 rings (SSSR count). The summed E-state index contributed by atoms with van der Waals surface area (Å²) < 4.78 is 62.0. The van der Waals surface area contributed by atoms with Crippen LogP contribution in [0, 0.1) is 5.41 Å². The first kappa shape index (κ1) is 17.0. The second kappa shape index (κ2) is 6.24. The van der Waals surface area contributed by atoms with Crippen molar-refractivity contribution in [2.75, 3.05) is 19.0 Å². The van der Waals surface area contributed by atoms with Gasteiger partial charge in [0.15, 0.2) is 0 Å². The number of hydrogen-bond acceptors (Lipinski definition) is 3. The highest BCUT2D eigenvalue weighted by atomic mass is 35.7. The second-order valence-electron chi connectivity index (χ2n) is 4.62. The van der Waals surface area contributed by atoms with Gasteiger partial charge in [0.1, 0.15) is 0 Å². The van der Waals surface area contributed by atoms with Crippen LogP contribution in [-0.2, 0) is 13.8 Å². The number of halogens is 4. The summed E-state index contributed by atoms with van der Waals surface area (Å²) in [5.41, 5.74) is -0.710. The molecule has 17 heavy (non-hydrogen) atoms. The van der Waals surface area contributed by atoms with Gasteiger partial charge in [-0.2, -0.15) is 13.2 Å². The Labute approximate surface area is 104 Å². The highest BCUT2D eigenvalue weighted by Crippen LogP contribution is 2.23. The third-order valence-electron chi connectivity index (χ3n) is 1.80. The molecule has 0 fully saturated rings. The van der Waals surface area contributed by atoms with Gasteiger partial charge in [0.2, 0.25) is 9.05 Å². The first-order chi connectivity index (χ1) is 7.41. The van der Waals surface area contributed by atoms with E-state index in [2.05, 4.69) is 0 Å². The maximum Gasteiger partial charge on any atom is 0.389 e. The Morgan fingerprint density at radius 3 is 2.18 bits per heavy atom. The minimum absolute atomic E-state index is 0.0503. The van der Waals surface area contributed by atoms with Gasteiger partial charge in [0, 0.05) is 29.1 Å². The molecule has 104 valence electrons. The van der Waals surface area contributed by atoms with Crippen molar-refractivity contribution in [1.82, 2.24) is 0 Å². The number of ether oxygens (including phenoxy) is 1. The molecule has 0 unspecified atom stereocenters. The van der Waals surface area contributed by atoms with Gasteiger partial charge in [-0.05, 0) is 6.42 Å². The van der Waals surface area contributed by atoms with Gasteiger partial charge < -0.3 is 4.74 Å². The lowest BCUT2D eigenvalue weighted by atomic mass is 9.98. The Morgan fingerprint density at radius 1 is 1.24 bits per heavy atom. The first-order valence-corrected chi connectivity index (χ1v) is 7.46. The van der Waals surface area contributed by atoms with Crippen LogP contribution in [0.3, 0.4) is 0 Å². The molecule has 0 aromatic heterocycles. The van der Waals surface area contributed by atoms with Crippen molar-refractivity contribution in [3.8, 4) is 0 Å². The quantitative estimate of drug-likeness (QED) is 0.536. The van der Waals surface area contributed by atoms with Crippen molar-refractivity contribution in [1.29, 1.82) is 0 Å². The van der Waals surface area contributed by atoms with Crippen LogP contribution in [0.25, 0.3) is 0 Å². The maximum absolute atomic E-state index is 11.8. The molecule has 0 N–H and O–H groups in total. The monoisotopic (exact) mass is 296 g/mol. The Kier molecular flexibility index (Phi) is 6.24. The summed E-state index contributed by atoms with van der Waals surface area (Å²) in [6, 6.07) is 0. The summed E-state index contributed by atoms with van der Waals surface area (Å²) in [6.07, 6.45) is -5.22. The molecule has 0 radical (unpaired) electrons. The van der Waals surface area contributed by atoms with Crippen molar-refractivity contribution < 1.29 is 26.3 Å². The van der Waals surface area contributed by atoms with E-state index < -0.39 is 27.1 Å². The largest absolute Gasteiger partial charge is 0.389 e. The normalized spacial score (nSPS) is 14.0. The van der Waals surface area contributed by atoms with Gasteiger partial charge in [-0.15, -0.1) is 0 Å². The van der Waals surface area contributed by atoms with Crippen molar-refractivity contribution in [3.63, 3.8) is 0 Å². The van der Waals surface area contributed by atoms with Crippen LogP contribution >= 0.6 is 10.7 Å². The van der Waals surface area contributed by atoms with Crippen molar-refractivity contribution in [2.24, 2.45) is 5.41 Å². The van der Waals surface area contributed by atoms with Gasteiger partial charge in [0.25, 0.3) is 0 Å². The molecule has 8 heteroatoms. The van der Waals surface area contributed by atoms with E-state index in [1.165, 1.54) is 0 Å². The summed E-state index contributed by atoms with van der Waals surface area (Å²) in [5.74, 6) is -0.277. The SMILES string of the molecule is CC(C)(COCCCC(F)(F)F)CS(=O)(=O)Cl. The summed E-state index contributed by atoms with van der Waals surface area (Å²) in [4.78, 5) is 0. The van der Waals surface area contributed by atoms with E-state index >= 15 is 0 Å². The van der Waals surface area contributed by atoms with E-state index in [-0.39, 0.29) is 25.4 Å². The highest BCUT2D eigenvalue weighted by Gasteiger charge is 2.27. The second-order valence-corrected chi connectivity index (χ2v) is 7.40. The third-order valence-corrected chi connectivity index (χ3v) is 3.26. The predicted molar refractivity (Wildman–Crippen MR) is 59.5 cm³/mol. The first-order valence-electron chi connectivity index (χ1n) is 4.98. The Bertz CT molecular complexity index is 325. The minimum Gasteiger partial charge on any atom is -0.381 e. The molecule has 0 aromatic carbocycles. The van der Waals surface area contributed by atoms with Crippen LogP contribution in [0.1, 0.15) is 26.7 Å². The van der Waals surface area contributed by atoms with Crippen LogP contribution in [-0.4, -0.2) is 33.6 Å². The average molecular weight is 297 g/mol. The minimum atomic E-state index is -4.18. The zero-order chi connectivity index (χ0) is 13.7. The summed E-state index contributed by atoms with van der Waals surface area (Å²) in [7, 11) is 1.45. The van der Waals surface area contributed by atoms with Gasteiger partial charge in [-0.25, -0.2) is 8.42 Å². The molecule has 0 saturated heterocycles. The molecular weight excluding hydrogens is 281 g/mol. The lowest BCUT2D eigenvalue weighted by Gasteiger charge is -2.22. The van der Waals surface area contributed by atoms with Crippen LogP contribution in [0.5, 0.6) is 0 Å². The molecule has 0 amide bonds. The number of hydrogen-bond donors (Lipinski definition) is 0. The van der Waals surface area contributed by atoms with E-state index in [1.54, 1.807) is 13.8 Å². The van der Waals surface area contributed by atoms with Gasteiger partial charge >= 0.3 is 6.18 Å². The topological polar surface area (TPSA) is 43.4 Å². The summed E-state index contributed by atoms with van der Waals surface area (Å²) in [5, 5.41) is 0. The third kappa shape index (κ3) is 12.2. The zero-order valence-electron chi connectivity index (χ0n) is 9.68. The molecule has 0 saturated carbocycles. The van der Waals surface area contributed by atoms with E-state index in [0.717, 1.165) is 0 Å². The van der Waals surface area contributed by atoms with Crippen LogP contribution < -0.4 is 0 Å². The van der Waals surface area contributed by atoms with Crippen LogP contribution in [0.15, 0.2) is 0 Å². The molecule has 0 spiro atoms. The lowest BCUT2D eigenvalue weighted by Crippen LogP contribution is -2.27. The molecule has 0 aliphatic carbocycles. The number of alkyl halides is 3. The van der Waals surface area contributed by atoms with Gasteiger partial charge in [-0.1, -0.05) is 13.8 Å². The van der Waals surface area contributed by atoms with Gasteiger partial charge in [-0.3, -0.25) is 0 Å². The molecule has 0 bridgehead atoms. The standard InChI is InChI=1S/C9H16ClF3O3S/c1-8(2,7-17(10,14)15)6-16-5-3-4-9(11,12)13/h3-7H2,1-2H3. The molecule has 0 aliphatic heterocycles. The predicted octanol–water partition coefficient (Wildman–Crippen LogP) is 2.94. The molecular formula is C9H16ClF3O3S. The molecule has 0 aromatic rings. The average Bonchev–Trinajstić information content (AvgIpc) is 1.95. The van der Waals surface area contributed by atoms with Crippen molar-refractivity contribution in [3.05, 3.63) is 0 Å². The van der Waals surface area contributed by atoms with Crippen LogP contribution in [0.4, 0.5) is 13.2 Å². The molecule has 0 atom stereocenters. The van der Waals surface area contributed by atoms with Gasteiger partial charge in [0.05, 0.1) is 12.4 Å². The molecule has 3 nitrogen and oxygen atoms in total. The summed E-state index contributed by atoms with van der Waals surface area (Å²) in [6.45, 7) is 3.25. The fraction of sp³-hybridized carbons (Fsp3) is 1.00. The Hall–Kier alpha value is -0.0100. The zero-order valence-corrected chi connectivity index (χ0v) is 11.3. The smallest absolute Gasteiger partial charge is 0.381 e. The van der Waals surface area contributed by atoms with E-state index in [0.29, 0.717) is 0 Å². The fourth-order valence-corrected chi connectivity index (χ4v) is 3.13. The van der Waals surface area contributed by atoms with Crippen molar-refractivity contribution in [2.45, 2.75) is 32.9 Å². The number of rotatable bonds is 7. The Morgan fingerprint density at radius 2 is 1.76 bits per heavy atom. The van der Waals surface area contributed by atoms with Crippen LogP contribution in [0.2, 0.25) is 0 Å². The molecule has 0 heterocycles. The van der Waals surface area contributed by atoms with Crippen molar-refractivity contribution >= 4 is 19.7 Å². The summed E-state index contributed by atoms with van der Waals surface area (Å²) >= 11 is 0. The Balaban J connectivity index is 3.81. The highest BCUT2D eigenvalue weighted by molar-refractivity contribution is 8.13. The maximum atomic E-state index is 11.8. The van der Waals surface area contributed by atoms with E-state index in [9.17, 15) is 21.6 Å². The lowest BCUT2D eigenvalue weighted by molar-refractivity contribution is -0.138.